The third kappa shape index (κ3) is 6.89. The lowest BCUT2D eigenvalue weighted by atomic mass is 9.75. The van der Waals surface area contributed by atoms with Crippen LogP contribution in [0.1, 0.15) is 40.0 Å². The first-order valence-corrected chi connectivity index (χ1v) is 9.94. The zero-order valence-electron chi connectivity index (χ0n) is 15.9. The van der Waals surface area contributed by atoms with Crippen LogP contribution < -0.4 is 4.74 Å². The van der Waals surface area contributed by atoms with Crippen molar-refractivity contribution in [1.29, 1.82) is 0 Å². The molecule has 1 aromatic carbocycles. The molecule has 0 aliphatic heterocycles. The second kappa shape index (κ2) is 10.2. The molecule has 0 heterocycles. The number of rotatable bonds is 7. The van der Waals surface area contributed by atoms with Gasteiger partial charge in [-0.1, -0.05) is 50.4 Å². The van der Waals surface area contributed by atoms with Crippen molar-refractivity contribution in [2.45, 2.75) is 46.1 Å². The standard InChI is InChI=1S/C20H26Cl2O5/c1-12(2)15-6-4-13(3)8-18(15)27-20(24)11-26-19(23)10-25-17-7-5-14(21)9-16(17)22/h5,7,9,12-13,15,18H,4,6,8,10-11H2,1-3H3/t13-,15+,18-/m1/s1. The van der Waals surface area contributed by atoms with Gasteiger partial charge in [-0.3, -0.25) is 0 Å². The maximum atomic E-state index is 12.1. The fourth-order valence-electron chi connectivity index (χ4n) is 3.36. The van der Waals surface area contributed by atoms with E-state index in [0.717, 1.165) is 19.3 Å². The number of carbonyl (C=O) groups excluding carboxylic acids is 2. The largest absolute Gasteiger partial charge is 0.480 e. The molecular weight excluding hydrogens is 391 g/mol. The minimum Gasteiger partial charge on any atom is -0.480 e. The van der Waals surface area contributed by atoms with Crippen molar-refractivity contribution >= 4 is 35.1 Å². The lowest BCUT2D eigenvalue weighted by Gasteiger charge is -2.36. The lowest BCUT2D eigenvalue weighted by molar-refractivity contribution is -0.167. The molecule has 27 heavy (non-hydrogen) atoms. The van der Waals surface area contributed by atoms with Gasteiger partial charge in [0.25, 0.3) is 0 Å². The Morgan fingerprint density at radius 2 is 1.89 bits per heavy atom. The van der Waals surface area contributed by atoms with Crippen LogP contribution in [0.2, 0.25) is 10.0 Å². The van der Waals surface area contributed by atoms with Gasteiger partial charge in [-0.25, -0.2) is 9.59 Å². The molecule has 2 rings (SSSR count). The first-order valence-electron chi connectivity index (χ1n) is 9.19. The highest BCUT2D eigenvalue weighted by atomic mass is 35.5. The van der Waals surface area contributed by atoms with E-state index in [1.165, 1.54) is 6.07 Å². The van der Waals surface area contributed by atoms with Gasteiger partial charge in [-0.15, -0.1) is 0 Å². The maximum Gasteiger partial charge on any atom is 0.344 e. The van der Waals surface area contributed by atoms with Gasteiger partial charge < -0.3 is 14.2 Å². The average molecular weight is 417 g/mol. The molecular formula is C20H26Cl2O5. The van der Waals surface area contributed by atoms with Crippen molar-refractivity contribution in [2.75, 3.05) is 13.2 Å². The topological polar surface area (TPSA) is 61.8 Å². The van der Waals surface area contributed by atoms with Crippen LogP contribution in [0.15, 0.2) is 18.2 Å². The van der Waals surface area contributed by atoms with E-state index in [1.807, 2.05) is 0 Å². The number of hydrogen-bond acceptors (Lipinski definition) is 5. The highest BCUT2D eigenvalue weighted by Gasteiger charge is 2.33. The predicted octanol–water partition coefficient (Wildman–Crippen LogP) is 4.92. The SMILES string of the molecule is CC(C)[C@@H]1CC[C@@H](C)C[C@H]1OC(=O)COC(=O)COc1ccc(Cl)cc1Cl. The zero-order chi connectivity index (χ0) is 20.0. The van der Waals surface area contributed by atoms with Gasteiger partial charge in [-0.05, 0) is 48.8 Å². The van der Waals surface area contributed by atoms with Gasteiger partial charge in [0.15, 0.2) is 13.2 Å². The summed E-state index contributed by atoms with van der Waals surface area (Å²) in [6, 6.07) is 4.67. The molecule has 0 spiro atoms. The van der Waals surface area contributed by atoms with Crippen LogP contribution in [0.25, 0.3) is 0 Å². The number of halogens is 2. The summed E-state index contributed by atoms with van der Waals surface area (Å²) in [5.74, 6) is 0.425. The molecule has 0 unspecified atom stereocenters. The van der Waals surface area contributed by atoms with Crippen molar-refractivity contribution in [1.82, 2.24) is 0 Å². The van der Waals surface area contributed by atoms with E-state index in [2.05, 4.69) is 20.8 Å². The third-order valence-electron chi connectivity index (χ3n) is 4.83. The zero-order valence-corrected chi connectivity index (χ0v) is 17.4. The molecule has 3 atom stereocenters. The summed E-state index contributed by atoms with van der Waals surface area (Å²) < 4.78 is 15.8. The Bertz CT molecular complexity index is 662. The van der Waals surface area contributed by atoms with Crippen LogP contribution in [-0.2, 0) is 19.1 Å². The molecule has 0 radical (unpaired) electrons. The monoisotopic (exact) mass is 416 g/mol. The van der Waals surface area contributed by atoms with Crippen molar-refractivity contribution < 1.29 is 23.8 Å². The number of hydrogen-bond donors (Lipinski definition) is 0. The van der Waals surface area contributed by atoms with E-state index in [4.69, 9.17) is 37.4 Å². The smallest absolute Gasteiger partial charge is 0.344 e. The molecule has 1 aromatic rings. The third-order valence-corrected chi connectivity index (χ3v) is 5.37. The van der Waals surface area contributed by atoms with E-state index >= 15 is 0 Å². The summed E-state index contributed by atoms with van der Waals surface area (Å²) in [7, 11) is 0. The molecule has 1 aliphatic rings. The van der Waals surface area contributed by atoms with E-state index in [0.29, 0.717) is 33.5 Å². The second-order valence-corrected chi connectivity index (χ2v) is 8.22. The Hall–Kier alpha value is -1.46. The summed E-state index contributed by atoms with van der Waals surface area (Å²) in [5, 5.41) is 0.760. The van der Waals surface area contributed by atoms with E-state index in [1.54, 1.807) is 12.1 Å². The van der Waals surface area contributed by atoms with Gasteiger partial charge in [0.2, 0.25) is 0 Å². The first kappa shape index (κ1) is 21.8. The molecule has 150 valence electrons. The van der Waals surface area contributed by atoms with Crippen molar-refractivity contribution in [3.8, 4) is 5.75 Å². The second-order valence-electron chi connectivity index (χ2n) is 7.38. The summed E-state index contributed by atoms with van der Waals surface area (Å²) in [6.45, 7) is 5.66. The van der Waals surface area contributed by atoms with Gasteiger partial charge in [0, 0.05) is 5.02 Å². The maximum absolute atomic E-state index is 12.1. The molecule has 5 nitrogen and oxygen atoms in total. The summed E-state index contributed by atoms with van der Waals surface area (Å²) in [6.07, 6.45) is 2.92. The molecule has 0 amide bonds. The highest BCUT2D eigenvalue weighted by Crippen LogP contribution is 2.35. The molecule has 7 heteroatoms. The first-order chi connectivity index (χ1) is 12.8. The normalized spacial score (nSPS) is 22.4. The van der Waals surface area contributed by atoms with Gasteiger partial charge >= 0.3 is 11.9 Å². The van der Waals surface area contributed by atoms with Crippen LogP contribution in [0.4, 0.5) is 0 Å². The van der Waals surface area contributed by atoms with E-state index in [-0.39, 0.29) is 12.7 Å². The Balaban J connectivity index is 1.76. The van der Waals surface area contributed by atoms with Crippen LogP contribution in [0.5, 0.6) is 5.75 Å². The van der Waals surface area contributed by atoms with Gasteiger partial charge in [0.05, 0.1) is 5.02 Å². The average Bonchev–Trinajstić information content (AvgIpc) is 2.59. The molecule has 0 N–H and O–H groups in total. The molecule has 1 saturated carbocycles. The Labute approximate surface area is 170 Å². The minimum absolute atomic E-state index is 0.121. The van der Waals surface area contributed by atoms with Crippen molar-refractivity contribution in [3.05, 3.63) is 28.2 Å². The molecule has 0 bridgehead atoms. The number of ether oxygens (including phenoxy) is 3. The van der Waals surface area contributed by atoms with Crippen LogP contribution >= 0.6 is 23.2 Å². The van der Waals surface area contributed by atoms with Crippen LogP contribution in [-0.4, -0.2) is 31.3 Å². The molecule has 0 saturated heterocycles. The van der Waals surface area contributed by atoms with Crippen LogP contribution in [0.3, 0.4) is 0 Å². The highest BCUT2D eigenvalue weighted by molar-refractivity contribution is 6.35. The molecule has 0 aromatic heterocycles. The number of carbonyl (C=O) groups is 2. The van der Waals surface area contributed by atoms with Crippen molar-refractivity contribution in [3.63, 3.8) is 0 Å². The summed E-state index contributed by atoms with van der Waals surface area (Å²) >= 11 is 11.8. The van der Waals surface area contributed by atoms with Crippen molar-refractivity contribution in [2.24, 2.45) is 17.8 Å². The number of esters is 2. The minimum atomic E-state index is -0.671. The molecule has 1 fully saturated rings. The number of benzene rings is 1. The quantitative estimate of drug-likeness (QED) is 0.590. The van der Waals surface area contributed by atoms with E-state index in [9.17, 15) is 9.59 Å². The summed E-state index contributed by atoms with van der Waals surface area (Å²) in [5.41, 5.74) is 0. The predicted molar refractivity (Wildman–Crippen MR) is 104 cm³/mol. The fraction of sp³-hybridized carbons (Fsp3) is 0.600. The summed E-state index contributed by atoms with van der Waals surface area (Å²) in [4.78, 5) is 23.9. The Kier molecular flexibility index (Phi) is 8.24. The fourth-order valence-corrected chi connectivity index (χ4v) is 3.83. The van der Waals surface area contributed by atoms with E-state index < -0.39 is 18.5 Å². The van der Waals surface area contributed by atoms with Gasteiger partial charge in [-0.2, -0.15) is 0 Å². The van der Waals surface area contributed by atoms with Crippen LogP contribution in [0, 0.1) is 17.8 Å². The molecule has 1 aliphatic carbocycles. The Morgan fingerprint density at radius 3 is 2.56 bits per heavy atom. The lowest BCUT2D eigenvalue weighted by Crippen LogP contribution is -2.37. The van der Waals surface area contributed by atoms with Gasteiger partial charge in [0.1, 0.15) is 11.9 Å². The Morgan fingerprint density at radius 1 is 1.15 bits per heavy atom.